The van der Waals surface area contributed by atoms with Crippen LogP contribution in [-0.4, -0.2) is 29.9 Å². The fourth-order valence-electron chi connectivity index (χ4n) is 2.03. The van der Waals surface area contributed by atoms with Gasteiger partial charge in [-0.05, 0) is 24.7 Å². The Labute approximate surface area is 105 Å². The van der Waals surface area contributed by atoms with Crippen molar-refractivity contribution in [3.63, 3.8) is 0 Å². The average molecular weight is 249 g/mol. The third kappa shape index (κ3) is 3.63. The van der Waals surface area contributed by atoms with E-state index in [4.69, 9.17) is 5.73 Å². The molecule has 1 fully saturated rings. The molecule has 0 unspecified atom stereocenters. The van der Waals surface area contributed by atoms with E-state index in [1.54, 1.807) is 0 Å². The van der Waals surface area contributed by atoms with Gasteiger partial charge in [-0.3, -0.25) is 4.79 Å². The van der Waals surface area contributed by atoms with Crippen LogP contribution in [0.1, 0.15) is 46.5 Å². The van der Waals surface area contributed by atoms with Crippen LogP contribution in [0.3, 0.4) is 0 Å². The van der Waals surface area contributed by atoms with Gasteiger partial charge >= 0.3 is 0 Å². The summed E-state index contributed by atoms with van der Waals surface area (Å²) in [5.41, 5.74) is 6.19. The highest BCUT2D eigenvalue weighted by Crippen LogP contribution is 2.33. The Morgan fingerprint density at radius 2 is 1.88 bits per heavy atom. The first kappa shape index (κ1) is 15.7. The quantitative estimate of drug-likeness (QED) is 0.832. The Kier molecular flexibility index (Phi) is 6.34. The molecule has 1 heterocycles. The molecule has 1 aliphatic rings. The molecular formula is C12H25ClN2O. The van der Waals surface area contributed by atoms with Gasteiger partial charge < -0.3 is 10.6 Å². The first-order valence-corrected chi connectivity index (χ1v) is 6.07. The fourth-order valence-corrected chi connectivity index (χ4v) is 2.03. The van der Waals surface area contributed by atoms with E-state index in [9.17, 15) is 4.79 Å². The van der Waals surface area contributed by atoms with Crippen LogP contribution in [0.25, 0.3) is 0 Å². The molecule has 0 aromatic rings. The Hall–Kier alpha value is -0.280. The van der Waals surface area contributed by atoms with Crippen molar-refractivity contribution in [3.05, 3.63) is 0 Å². The molecule has 3 nitrogen and oxygen atoms in total. The molecule has 1 atom stereocenters. The number of piperidine rings is 1. The first-order chi connectivity index (χ1) is 7.02. The van der Waals surface area contributed by atoms with Gasteiger partial charge in [0.05, 0.1) is 6.04 Å². The number of carbonyl (C=O) groups excluding carboxylic acids is 1. The summed E-state index contributed by atoms with van der Waals surface area (Å²) in [4.78, 5) is 13.8. The molecule has 0 saturated carbocycles. The minimum Gasteiger partial charge on any atom is -0.341 e. The van der Waals surface area contributed by atoms with E-state index >= 15 is 0 Å². The van der Waals surface area contributed by atoms with E-state index in [-0.39, 0.29) is 24.4 Å². The van der Waals surface area contributed by atoms with E-state index in [0.29, 0.717) is 5.41 Å². The number of hydrogen-bond donors (Lipinski definition) is 1. The highest BCUT2D eigenvalue weighted by Gasteiger charge is 2.31. The minimum absolute atomic E-state index is 0. The molecule has 4 heteroatoms. The Morgan fingerprint density at radius 3 is 2.25 bits per heavy atom. The summed E-state index contributed by atoms with van der Waals surface area (Å²) in [6.45, 7) is 8.28. The molecular weight excluding hydrogens is 224 g/mol. The van der Waals surface area contributed by atoms with Crippen molar-refractivity contribution in [1.82, 2.24) is 4.90 Å². The fraction of sp³-hybridized carbons (Fsp3) is 0.917. The number of nitrogens with zero attached hydrogens (tertiary/aromatic N) is 1. The third-order valence-corrected chi connectivity index (χ3v) is 3.89. The Bertz CT molecular complexity index is 225. The number of nitrogens with two attached hydrogens (primary N) is 1. The average Bonchev–Trinajstić information content (AvgIpc) is 2.28. The number of halogens is 1. The molecule has 0 bridgehead atoms. The number of likely N-dealkylation sites (tertiary alicyclic amines) is 1. The highest BCUT2D eigenvalue weighted by atomic mass is 35.5. The Balaban J connectivity index is 0.00000225. The SMILES string of the molecule is CC[C@H](N)C(=O)N1CCC(C)(CC)CC1.Cl. The van der Waals surface area contributed by atoms with Gasteiger partial charge in [0.25, 0.3) is 0 Å². The summed E-state index contributed by atoms with van der Waals surface area (Å²) in [6.07, 6.45) is 4.17. The lowest BCUT2D eigenvalue weighted by Gasteiger charge is -2.39. The standard InChI is InChI=1S/C12H24N2O.ClH/c1-4-10(13)11(15)14-8-6-12(3,5-2)7-9-14;/h10H,4-9,13H2,1-3H3;1H/t10-;/m0./s1. The summed E-state index contributed by atoms with van der Waals surface area (Å²) in [7, 11) is 0. The van der Waals surface area contributed by atoms with Gasteiger partial charge in [0.15, 0.2) is 0 Å². The zero-order valence-electron chi connectivity index (χ0n) is 10.7. The lowest BCUT2D eigenvalue weighted by molar-refractivity contribution is -0.134. The lowest BCUT2D eigenvalue weighted by Crippen LogP contribution is -2.48. The van der Waals surface area contributed by atoms with Gasteiger partial charge in [-0.2, -0.15) is 0 Å². The molecule has 0 aromatic heterocycles. The number of carbonyl (C=O) groups is 1. The topological polar surface area (TPSA) is 46.3 Å². The second kappa shape index (κ2) is 6.45. The van der Waals surface area contributed by atoms with Crippen LogP contribution < -0.4 is 5.73 Å². The maximum Gasteiger partial charge on any atom is 0.239 e. The van der Waals surface area contributed by atoms with E-state index < -0.39 is 0 Å². The summed E-state index contributed by atoms with van der Waals surface area (Å²) in [5, 5.41) is 0. The predicted octanol–water partition coefficient (Wildman–Crippen LogP) is 2.18. The Morgan fingerprint density at radius 1 is 1.38 bits per heavy atom. The molecule has 0 radical (unpaired) electrons. The van der Waals surface area contributed by atoms with Gasteiger partial charge in [0.2, 0.25) is 5.91 Å². The molecule has 0 aromatic carbocycles. The van der Waals surface area contributed by atoms with Crippen molar-refractivity contribution in [2.24, 2.45) is 11.1 Å². The maximum atomic E-state index is 11.8. The van der Waals surface area contributed by atoms with Crippen molar-refractivity contribution >= 4 is 18.3 Å². The van der Waals surface area contributed by atoms with Crippen molar-refractivity contribution in [2.75, 3.05) is 13.1 Å². The van der Waals surface area contributed by atoms with Crippen LogP contribution in [-0.2, 0) is 4.79 Å². The molecule has 96 valence electrons. The van der Waals surface area contributed by atoms with Crippen LogP contribution in [0.15, 0.2) is 0 Å². The normalized spacial score (nSPS) is 21.1. The van der Waals surface area contributed by atoms with Crippen LogP contribution in [0, 0.1) is 5.41 Å². The number of amides is 1. The van der Waals surface area contributed by atoms with Crippen molar-refractivity contribution in [3.8, 4) is 0 Å². The van der Waals surface area contributed by atoms with Crippen LogP contribution in [0.4, 0.5) is 0 Å². The highest BCUT2D eigenvalue weighted by molar-refractivity contribution is 5.85. The lowest BCUT2D eigenvalue weighted by atomic mass is 9.78. The summed E-state index contributed by atoms with van der Waals surface area (Å²) in [5.74, 6) is 0.135. The number of hydrogen-bond acceptors (Lipinski definition) is 2. The second-order valence-electron chi connectivity index (χ2n) is 5.00. The van der Waals surface area contributed by atoms with E-state index in [2.05, 4.69) is 13.8 Å². The molecule has 1 aliphatic heterocycles. The molecule has 1 saturated heterocycles. The smallest absolute Gasteiger partial charge is 0.239 e. The molecule has 1 rings (SSSR count). The number of rotatable bonds is 3. The molecule has 1 amide bonds. The monoisotopic (exact) mass is 248 g/mol. The van der Waals surface area contributed by atoms with E-state index in [1.165, 1.54) is 6.42 Å². The minimum atomic E-state index is -0.295. The summed E-state index contributed by atoms with van der Waals surface area (Å²) >= 11 is 0. The predicted molar refractivity (Wildman–Crippen MR) is 69.7 cm³/mol. The van der Waals surface area contributed by atoms with Gasteiger partial charge in [-0.15, -0.1) is 12.4 Å². The third-order valence-electron chi connectivity index (χ3n) is 3.89. The van der Waals surface area contributed by atoms with Gasteiger partial charge in [-0.25, -0.2) is 0 Å². The first-order valence-electron chi connectivity index (χ1n) is 6.07. The zero-order valence-corrected chi connectivity index (χ0v) is 11.5. The second-order valence-corrected chi connectivity index (χ2v) is 5.00. The van der Waals surface area contributed by atoms with E-state index in [0.717, 1.165) is 32.4 Å². The largest absolute Gasteiger partial charge is 0.341 e. The summed E-state index contributed by atoms with van der Waals surface area (Å²) < 4.78 is 0. The molecule has 2 N–H and O–H groups in total. The molecule has 0 spiro atoms. The molecule has 0 aliphatic carbocycles. The van der Waals surface area contributed by atoms with Crippen molar-refractivity contribution < 1.29 is 4.79 Å². The molecule has 16 heavy (non-hydrogen) atoms. The zero-order chi connectivity index (χ0) is 11.5. The van der Waals surface area contributed by atoms with Crippen LogP contribution in [0.5, 0.6) is 0 Å². The van der Waals surface area contributed by atoms with E-state index in [1.807, 2.05) is 11.8 Å². The van der Waals surface area contributed by atoms with Crippen molar-refractivity contribution in [1.29, 1.82) is 0 Å². The van der Waals surface area contributed by atoms with Crippen molar-refractivity contribution in [2.45, 2.75) is 52.5 Å². The van der Waals surface area contributed by atoms with Gasteiger partial charge in [0.1, 0.15) is 0 Å². The van der Waals surface area contributed by atoms with Gasteiger partial charge in [0, 0.05) is 13.1 Å². The van der Waals surface area contributed by atoms with Crippen LogP contribution in [0.2, 0.25) is 0 Å². The maximum absolute atomic E-state index is 11.8. The van der Waals surface area contributed by atoms with Gasteiger partial charge in [-0.1, -0.05) is 27.2 Å². The summed E-state index contributed by atoms with van der Waals surface area (Å²) in [6, 6.07) is -0.295. The van der Waals surface area contributed by atoms with Crippen LogP contribution >= 0.6 is 12.4 Å².